The standard InChI is InChI=1S/C23H40N2O5/c1-15(2)5-12-21-23(3,30-21)13-20(27-4)19(11-10-18-14-28-18)29-22(26)25-17-8-6-16(24)7-9-17/h5,16-21H,6-14,24H2,1-4H3,(H,25,26). The first-order valence-electron chi connectivity index (χ1n) is 11.5. The molecule has 7 nitrogen and oxygen atoms in total. The Bertz CT molecular complexity index is 596. The Morgan fingerprint density at radius 1 is 1.27 bits per heavy atom. The number of carbonyl (C=O) groups excluding carboxylic acids is 1. The van der Waals surface area contributed by atoms with Gasteiger partial charge in [-0.05, 0) is 65.7 Å². The maximum absolute atomic E-state index is 12.6. The molecule has 172 valence electrons. The maximum Gasteiger partial charge on any atom is 0.407 e. The number of rotatable bonds is 11. The molecule has 2 aliphatic heterocycles. The molecule has 2 saturated heterocycles. The molecule has 1 aliphatic carbocycles. The first-order valence-corrected chi connectivity index (χ1v) is 11.5. The van der Waals surface area contributed by atoms with Crippen molar-refractivity contribution >= 4 is 6.09 Å². The van der Waals surface area contributed by atoms with Gasteiger partial charge in [0.15, 0.2) is 0 Å². The predicted molar refractivity (Wildman–Crippen MR) is 115 cm³/mol. The van der Waals surface area contributed by atoms with E-state index in [1.807, 2.05) is 0 Å². The summed E-state index contributed by atoms with van der Waals surface area (Å²) in [6.07, 6.45) is 8.68. The molecule has 2 heterocycles. The summed E-state index contributed by atoms with van der Waals surface area (Å²) in [6.45, 7) is 7.11. The highest BCUT2D eigenvalue weighted by atomic mass is 16.6. The fourth-order valence-corrected chi connectivity index (χ4v) is 4.38. The number of carbonyl (C=O) groups is 1. The van der Waals surface area contributed by atoms with E-state index in [-0.39, 0.29) is 48.2 Å². The van der Waals surface area contributed by atoms with Gasteiger partial charge in [0.1, 0.15) is 6.10 Å². The molecule has 5 atom stereocenters. The van der Waals surface area contributed by atoms with Crippen LogP contribution in [0.2, 0.25) is 0 Å². The lowest BCUT2D eigenvalue weighted by atomic mass is 9.92. The van der Waals surface area contributed by atoms with Gasteiger partial charge < -0.3 is 30.0 Å². The minimum Gasteiger partial charge on any atom is -0.443 e. The summed E-state index contributed by atoms with van der Waals surface area (Å²) in [6, 6.07) is 0.394. The molecule has 3 fully saturated rings. The van der Waals surface area contributed by atoms with Crippen molar-refractivity contribution in [1.29, 1.82) is 0 Å². The summed E-state index contributed by atoms with van der Waals surface area (Å²) < 4.78 is 23.0. The minimum atomic E-state index is -0.359. The third kappa shape index (κ3) is 7.22. The molecule has 7 heteroatoms. The maximum atomic E-state index is 12.6. The van der Waals surface area contributed by atoms with Crippen molar-refractivity contribution in [1.82, 2.24) is 5.32 Å². The van der Waals surface area contributed by atoms with Crippen molar-refractivity contribution in [3.63, 3.8) is 0 Å². The molecule has 3 N–H and O–H groups in total. The normalized spacial score (nSPS) is 34.6. The Balaban J connectivity index is 1.54. The summed E-state index contributed by atoms with van der Waals surface area (Å²) in [5.41, 5.74) is 7.02. The number of alkyl carbamates (subject to hydrolysis) is 1. The Kier molecular flexibility index (Phi) is 8.18. The van der Waals surface area contributed by atoms with Gasteiger partial charge in [0.25, 0.3) is 0 Å². The highest BCUT2D eigenvalue weighted by Crippen LogP contribution is 2.44. The summed E-state index contributed by atoms with van der Waals surface area (Å²) in [5.74, 6) is 0. The number of allylic oxidation sites excluding steroid dienone is 1. The number of amides is 1. The second kappa shape index (κ2) is 10.4. The van der Waals surface area contributed by atoms with Crippen LogP contribution in [0, 0.1) is 0 Å². The van der Waals surface area contributed by atoms with Crippen molar-refractivity contribution < 1.29 is 23.7 Å². The van der Waals surface area contributed by atoms with Crippen molar-refractivity contribution in [2.24, 2.45) is 5.73 Å². The van der Waals surface area contributed by atoms with Crippen LogP contribution < -0.4 is 11.1 Å². The van der Waals surface area contributed by atoms with Crippen molar-refractivity contribution in [3.8, 4) is 0 Å². The number of epoxide rings is 2. The molecule has 1 amide bonds. The van der Waals surface area contributed by atoms with Crippen LogP contribution in [0.5, 0.6) is 0 Å². The molecule has 0 aromatic carbocycles. The van der Waals surface area contributed by atoms with Crippen molar-refractivity contribution in [2.75, 3.05) is 13.7 Å². The molecule has 5 unspecified atom stereocenters. The molecule has 3 rings (SSSR count). The van der Waals surface area contributed by atoms with Crippen LogP contribution in [0.1, 0.15) is 72.1 Å². The lowest BCUT2D eigenvalue weighted by Crippen LogP contribution is -2.44. The largest absolute Gasteiger partial charge is 0.443 e. The van der Waals surface area contributed by atoms with E-state index in [0.717, 1.165) is 51.6 Å². The van der Waals surface area contributed by atoms with Gasteiger partial charge in [-0.15, -0.1) is 0 Å². The SMILES string of the molecule is COC(CC1(C)OC1CC=C(C)C)C(CCC1CO1)OC(=O)NC1CCC(N)CC1. The van der Waals surface area contributed by atoms with E-state index in [1.165, 1.54) is 5.57 Å². The number of hydrogen-bond acceptors (Lipinski definition) is 6. The smallest absolute Gasteiger partial charge is 0.407 e. The first-order chi connectivity index (χ1) is 14.3. The first kappa shape index (κ1) is 23.5. The fourth-order valence-electron chi connectivity index (χ4n) is 4.38. The molecular formula is C23H40N2O5. The number of methoxy groups -OCH3 is 1. The number of hydrogen-bond donors (Lipinski definition) is 2. The number of ether oxygens (including phenoxy) is 4. The third-order valence-electron chi connectivity index (χ3n) is 6.63. The average Bonchev–Trinajstić information content (AvgIpc) is 3.61. The molecule has 0 aromatic heterocycles. The summed E-state index contributed by atoms with van der Waals surface area (Å²) in [5, 5.41) is 3.03. The number of nitrogens with two attached hydrogens (primary N) is 1. The fraction of sp³-hybridized carbons (Fsp3) is 0.870. The Hall–Kier alpha value is -1.15. The minimum absolute atomic E-state index is 0.142. The van der Waals surface area contributed by atoms with Gasteiger partial charge in [-0.3, -0.25) is 0 Å². The van der Waals surface area contributed by atoms with Gasteiger partial charge in [-0.2, -0.15) is 0 Å². The van der Waals surface area contributed by atoms with Gasteiger partial charge in [-0.25, -0.2) is 4.79 Å². The van der Waals surface area contributed by atoms with E-state index in [1.54, 1.807) is 7.11 Å². The zero-order chi connectivity index (χ0) is 21.7. The Morgan fingerprint density at radius 2 is 1.97 bits per heavy atom. The van der Waals surface area contributed by atoms with Gasteiger partial charge in [-0.1, -0.05) is 11.6 Å². The number of nitrogens with one attached hydrogen (secondary N) is 1. The van der Waals surface area contributed by atoms with Gasteiger partial charge in [0.2, 0.25) is 0 Å². The van der Waals surface area contributed by atoms with Gasteiger partial charge in [0, 0.05) is 25.6 Å². The molecule has 1 saturated carbocycles. The Labute approximate surface area is 181 Å². The molecule has 0 aromatic rings. The summed E-state index contributed by atoms with van der Waals surface area (Å²) in [7, 11) is 1.69. The average molecular weight is 425 g/mol. The lowest BCUT2D eigenvalue weighted by Gasteiger charge is -2.30. The van der Waals surface area contributed by atoms with Crippen LogP contribution >= 0.6 is 0 Å². The monoisotopic (exact) mass is 424 g/mol. The zero-order valence-corrected chi connectivity index (χ0v) is 19.0. The van der Waals surface area contributed by atoms with E-state index in [0.29, 0.717) is 6.42 Å². The molecule has 0 bridgehead atoms. The summed E-state index contributed by atoms with van der Waals surface area (Å²) >= 11 is 0. The molecular weight excluding hydrogens is 384 g/mol. The molecule has 3 aliphatic rings. The molecule has 0 radical (unpaired) electrons. The van der Waals surface area contributed by atoms with Crippen LogP contribution in [0.4, 0.5) is 4.79 Å². The zero-order valence-electron chi connectivity index (χ0n) is 19.0. The van der Waals surface area contributed by atoms with Gasteiger partial charge in [0.05, 0.1) is 30.5 Å². The third-order valence-corrected chi connectivity index (χ3v) is 6.63. The quantitative estimate of drug-likeness (QED) is 0.389. The topological polar surface area (TPSA) is 98.6 Å². The van der Waals surface area contributed by atoms with Crippen LogP contribution in [0.25, 0.3) is 0 Å². The van der Waals surface area contributed by atoms with E-state index in [9.17, 15) is 4.79 Å². The lowest BCUT2D eigenvalue weighted by molar-refractivity contribution is -0.0407. The Morgan fingerprint density at radius 3 is 2.57 bits per heavy atom. The van der Waals surface area contributed by atoms with E-state index < -0.39 is 0 Å². The second-order valence-corrected chi connectivity index (χ2v) is 9.65. The summed E-state index contributed by atoms with van der Waals surface area (Å²) in [4.78, 5) is 12.6. The van der Waals surface area contributed by atoms with Crippen LogP contribution in [-0.4, -0.2) is 61.9 Å². The van der Waals surface area contributed by atoms with Crippen LogP contribution in [-0.2, 0) is 18.9 Å². The highest BCUT2D eigenvalue weighted by Gasteiger charge is 2.53. The molecule has 30 heavy (non-hydrogen) atoms. The van der Waals surface area contributed by atoms with Crippen LogP contribution in [0.3, 0.4) is 0 Å². The predicted octanol–water partition coefficient (Wildman–Crippen LogP) is 3.45. The van der Waals surface area contributed by atoms with Crippen molar-refractivity contribution in [2.45, 2.75) is 114 Å². The van der Waals surface area contributed by atoms with Crippen molar-refractivity contribution in [3.05, 3.63) is 11.6 Å². The van der Waals surface area contributed by atoms with E-state index >= 15 is 0 Å². The van der Waals surface area contributed by atoms with E-state index in [4.69, 9.17) is 24.7 Å². The van der Waals surface area contributed by atoms with Gasteiger partial charge >= 0.3 is 6.09 Å². The van der Waals surface area contributed by atoms with E-state index in [2.05, 4.69) is 32.2 Å². The second-order valence-electron chi connectivity index (χ2n) is 9.65. The van der Waals surface area contributed by atoms with Crippen LogP contribution in [0.15, 0.2) is 11.6 Å². The molecule has 0 spiro atoms. The highest BCUT2D eigenvalue weighted by molar-refractivity contribution is 5.67.